The Kier molecular flexibility index (Phi) is 4.35. The summed E-state index contributed by atoms with van der Waals surface area (Å²) >= 11 is 0. The Morgan fingerprint density at radius 1 is 1.25 bits per heavy atom. The number of hydrogen-bond acceptors (Lipinski definition) is 7. The fraction of sp³-hybridized carbons (Fsp3) is 0.125. The Hall–Kier alpha value is -3.96. The van der Waals surface area contributed by atoms with Crippen LogP contribution in [0.5, 0.6) is 5.88 Å². The molecule has 4 aromatic rings. The Labute approximate surface area is 155 Å². The monoisotopic (exact) mass is 386 g/mol. The maximum Gasteiger partial charge on any atom is 0.278 e. The van der Waals surface area contributed by atoms with Crippen molar-refractivity contribution in [3.63, 3.8) is 0 Å². The van der Waals surface area contributed by atoms with Gasteiger partial charge in [-0.1, -0.05) is 17.2 Å². The topological polar surface area (TPSA) is 134 Å². The van der Waals surface area contributed by atoms with Gasteiger partial charge in [0.25, 0.3) is 5.91 Å². The van der Waals surface area contributed by atoms with E-state index in [0.29, 0.717) is 5.69 Å². The Balaban J connectivity index is 1.56. The zero-order chi connectivity index (χ0) is 19.7. The number of carbonyl (C=O) groups is 1. The van der Waals surface area contributed by atoms with E-state index in [-0.39, 0.29) is 41.6 Å². The van der Waals surface area contributed by atoms with Crippen molar-refractivity contribution in [2.24, 2.45) is 0 Å². The predicted octanol–water partition coefficient (Wildman–Crippen LogP) is 1.26. The fourth-order valence-electron chi connectivity index (χ4n) is 2.64. The molecular formula is C16H12F2N8O2. The van der Waals surface area contributed by atoms with Crippen molar-refractivity contribution >= 4 is 17.5 Å². The Bertz CT molecular complexity index is 1160. The van der Waals surface area contributed by atoms with Gasteiger partial charge in [0.2, 0.25) is 11.8 Å². The molecule has 10 nitrogen and oxygen atoms in total. The van der Waals surface area contributed by atoms with Crippen molar-refractivity contribution in [3.8, 4) is 5.88 Å². The smallest absolute Gasteiger partial charge is 0.278 e. The summed E-state index contributed by atoms with van der Waals surface area (Å²) in [6.07, 6.45) is 0.438. The van der Waals surface area contributed by atoms with Crippen LogP contribution in [0.1, 0.15) is 21.7 Å². The molecule has 3 heterocycles. The van der Waals surface area contributed by atoms with E-state index >= 15 is 0 Å². The van der Waals surface area contributed by atoms with Crippen molar-refractivity contribution in [1.82, 2.24) is 35.2 Å². The van der Waals surface area contributed by atoms with E-state index in [2.05, 4.69) is 36.0 Å². The molecule has 3 aromatic heterocycles. The van der Waals surface area contributed by atoms with E-state index in [4.69, 9.17) is 0 Å². The van der Waals surface area contributed by atoms with Crippen LogP contribution in [0.2, 0.25) is 0 Å². The third kappa shape index (κ3) is 3.34. The highest BCUT2D eigenvalue weighted by molar-refractivity contribution is 6.02. The van der Waals surface area contributed by atoms with Gasteiger partial charge in [-0.3, -0.25) is 10.1 Å². The summed E-state index contributed by atoms with van der Waals surface area (Å²) in [4.78, 5) is 16.5. The van der Waals surface area contributed by atoms with E-state index in [1.165, 1.54) is 24.3 Å². The minimum atomic E-state index is -0.919. The molecule has 0 radical (unpaired) electrons. The molecule has 0 unspecified atom stereocenters. The van der Waals surface area contributed by atoms with Gasteiger partial charge in [-0.15, -0.1) is 0 Å². The number of benzene rings is 1. The third-order valence-electron chi connectivity index (χ3n) is 3.95. The highest BCUT2D eigenvalue weighted by Crippen LogP contribution is 2.18. The fourth-order valence-corrected chi connectivity index (χ4v) is 2.64. The number of anilines is 1. The maximum absolute atomic E-state index is 13.8. The number of aromatic amines is 1. The lowest BCUT2D eigenvalue weighted by molar-refractivity contribution is 0.102. The first-order valence-corrected chi connectivity index (χ1v) is 8.08. The largest absolute Gasteiger partial charge is 0.493 e. The lowest BCUT2D eigenvalue weighted by Gasteiger charge is -2.05. The Morgan fingerprint density at radius 3 is 2.89 bits per heavy atom. The van der Waals surface area contributed by atoms with Gasteiger partial charge in [0.15, 0.2) is 23.0 Å². The number of amides is 1. The number of hydrogen-bond donors (Lipinski definition) is 3. The number of aromatic hydroxyl groups is 1. The van der Waals surface area contributed by atoms with Gasteiger partial charge >= 0.3 is 0 Å². The van der Waals surface area contributed by atoms with Crippen LogP contribution in [0.4, 0.5) is 14.7 Å². The van der Waals surface area contributed by atoms with Crippen LogP contribution in [0.3, 0.4) is 0 Å². The molecule has 28 heavy (non-hydrogen) atoms. The second-order valence-electron chi connectivity index (χ2n) is 5.82. The molecule has 1 amide bonds. The first kappa shape index (κ1) is 17.5. The SMILES string of the molecule is O=C(Nc1nnn[nH]1)c1cc2nc(CCc3cccc(F)c3F)cc(O)n2n1. The van der Waals surface area contributed by atoms with Gasteiger partial charge in [0, 0.05) is 17.8 Å². The standard InChI is InChI=1S/C16H12F2N8O2/c17-10-3-1-2-8(14(10)18)4-5-9-6-13(27)26-12(19-9)7-11(23-26)15(28)20-16-21-24-25-22-16/h1-3,6-7,27H,4-5H2,(H2,20,21,22,24,25,28). The first-order valence-electron chi connectivity index (χ1n) is 8.08. The Morgan fingerprint density at radius 2 is 2.11 bits per heavy atom. The van der Waals surface area contributed by atoms with Crippen LogP contribution in [0, 0.1) is 11.6 Å². The van der Waals surface area contributed by atoms with Crippen LogP contribution in [-0.4, -0.2) is 46.2 Å². The zero-order valence-electron chi connectivity index (χ0n) is 14.1. The summed E-state index contributed by atoms with van der Waals surface area (Å²) in [7, 11) is 0. The minimum Gasteiger partial charge on any atom is -0.493 e. The second-order valence-corrected chi connectivity index (χ2v) is 5.82. The molecule has 0 aliphatic heterocycles. The van der Waals surface area contributed by atoms with Crippen LogP contribution < -0.4 is 5.32 Å². The van der Waals surface area contributed by atoms with Crippen molar-refractivity contribution in [1.29, 1.82) is 0 Å². The van der Waals surface area contributed by atoms with Crippen LogP contribution >= 0.6 is 0 Å². The number of nitrogens with one attached hydrogen (secondary N) is 2. The minimum absolute atomic E-state index is 0.0208. The second kappa shape index (κ2) is 6.98. The number of aryl methyl sites for hydroxylation is 2. The van der Waals surface area contributed by atoms with E-state index in [1.54, 1.807) is 0 Å². The highest BCUT2D eigenvalue weighted by atomic mass is 19.2. The summed E-state index contributed by atoms with van der Waals surface area (Å²) in [5.74, 6) is -2.64. The average Bonchev–Trinajstić information content (AvgIpc) is 3.33. The van der Waals surface area contributed by atoms with Gasteiger partial charge in [-0.2, -0.15) is 9.61 Å². The maximum atomic E-state index is 13.8. The van der Waals surface area contributed by atoms with Gasteiger partial charge in [-0.05, 0) is 34.9 Å². The number of H-pyrrole nitrogens is 1. The molecule has 4 rings (SSSR count). The molecule has 12 heteroatoms. The molecule has 0 saturated heterocycles. The van der Waals surface area contributed by atoms with Gasteiger partial charge in [0.1, 0.15) is 0 Å². The molecule has 0 saturated carbocycles. The van der Waals surface area contributed by atoms with Crippen LogP contribution in [0.15, 0.2) is 30.3 Å². The summed E-state index contributed by atoms with van der Waals surface area (Å²) < 4.78 is 28.1. The van der Waals surface area contributed by atoms with Crippen LogP contribution in [0.25, 0.3) is 5.65 Å². The molecule has 1 aromatic carbocycles. The van der Waals surface area contributed by atoms with E-state index in [0.717, 1.165) is 10.6 Å². The molecule has 0 aliphatic rings. The van der Waals surface area contributed by atoms with Gasteiger partial charge in [0.05, 0.1) is 0 Å². The number of nitrogens with zero attached hydrogens (tertiary/aromatic N) is 6. The number of carbonyl (C=O) groups excluding carboxylic acids is 1. The van der Waals surface area contributed by atoms with Gasteiger partial charge < -0.3 is 5.11 Å². The van der Waals surface area contributed by atoms with E-state index in [9.17, 15) is 18.7 Å². The lowest BCUT2D eigenvalue weighted by atomic mass is 10.1. The normalized spacial score (nSPS) is 11.1. The predicted molar refractivity (Wildman–Crippen MR) is 90.5 cm³/mol. The summed E-state index contributed by atoms with van der Waals surface area (Å²) in [6, 6.07) is 6.66. The molecule has 3 N–H and O–H groups in total. The number of fused-ring (bicyclic) bond motifs is 1. The number of tetrazole rings is 1. The van der Waals surface area contributed by atoms with Crippen molar-refractivity contribution < 1.29 is 18.7 Å². The molecule has 142 valence electrons. The molecule has 0 aliphatic carbocycles. The summed E-state index contributed by atoms with van der Waals surface area (Å²) in [5, 5.41) is 29.1. The van der Waals surface area contributed by atoms with Crippen molar-refractivity contribution in [3.05, 3.63) is 58.9 Å². The lowest BCUT2D eigenvalue weighted by Crippen LogP contribution is -2.13. The van der Waals surface area contributed by atoms with E-state index in [1.807, 2.05) is 0 Å². The summed E-state index contributed by atoms with van der Waals surface area (Å²) in [6.45, 7) is 0. The zero-order valence-corrected chi connectivity index (χ0v) is 14.1. The number of aromatic nitrogens is 7. The first-order chi connectivity index (χ1) is 13.5. The molecule has 0 spiro atoms. The van der Waals surface area contributed by atoms with E-state index < -0.39 is 17.5 Å². The number of rotatable bonds is 5. The summed E-state index contributed by atoms with van der Waals surface area (Å²) in [5.41, 5.74) is 0.832. The van der Waals surface area contributed by atoms with Gasteiger partial charge in [-0.25, -0.2) is 18.9 Å². The molecule has 0 fully saturated rings. The van der Waals surface area contributed by atoms with Crippen LogP contribution in [-0.2, 0) is 12.8 Å². The molecular weight excluding hydrogens is 374 g/mol. The number of halogens is 2. The quantitative estimate of drug-likeness (QED) is 0.470. The van der Waals surface area contributed by atoms with Crippen molar-refractivity contribution in [2.45, 2.75) is 12.8 Å². The highest BCUT2D eigenvalue weighted by Gasteiger charge is 2.16. The molecule has 0 atom stereocenters. The average molecular weight is 386 g/mol. The molecule has 0 bridgehead atoms. The van der Waals surface area contributed by atoms with Crippen molar-refractivity contribution in [2.75, 3.05) is 5.32 Å². The third-order valence-corrected chi connectivity index (χ3v) is 3.95.